The summed E-state index contributed by atoms with van der Waals surface area (Å²) in [5, 5.41) is 0. The monoisotopic (exact) mass is 239 g/mol. The van der Waals surface area contributed by atoms with Gasteiger partial charge in [-0.1, -0.05) is 0 Å². The maximum absolute atomic E-state index is 11.6. The quantitative estimate of drug-likeness (QED) is 0.718. The van der Waals surface area contributed by atoms with Gasteiger partial charge in [-0.3, -0.25) is 0 Å². The van der Waals surface area contributed by atoms with Crippen LogP contribution in [0.4, 0.5) is 0 Å². The number of rotatable bonds is 6. The summed E-state index contributed by atoms with van der Waals surface area (Å²) >= 11 is 5.46. The number of alkyl halides is 1. The molecule has 1 saturated carbocycles. The summed E-state index contributed by atoms with van der Waals surface area (Å²) in [6.45, 7) is 3.89. The lowest BCUT2D eigenvalue weighted by Crippen LogP contribution is -2.46. The minimum absolute atomic E-state index is 0.132. The molecule has 0 aromatic carbocycles. The fraction of sp³-hybridized carbons (Fsp3) is 1.00. The minimum atomic E-state index is -3.14. The topological polar surface area (TPSA) is 46.2 Å². The van der Waals surface area contributed by atoms with E-state index in [1.807, 2.05) is 13.8 Å². The first-order valence-corrected chi connectivity index (χ1v) is 7.14. The van der Waals surface area contributed by atoms with Gasteiger partial charge in [-0.25, -0.2) is 13.1 Å². The summed E-state index contributed by atoms with van der Waals surface area (Å²) in [6, 6.07) is 0. The largest absolute Gasteiger partial charge is 0.212 e. The van der Waals surface area contributed by atoms with E-state index in [0.717, 1.165) is 12.8 Å². The Bertz CT molecular complexity index is 283. The van der Waals surface area contributed by atoms with Gasteiger partial charge in [0.05, 0.1) is 5.75 Å². The third kappa shape index (κ3) is 3.75. The summed E-state index contributed by atoms with van der Waals surface area (Å²) in [5.41, 5.74) is -0.287. The highest BCUT2D eigenvalue weighted by Gasteiger charge is 2.39. The average molecular weight is 240 g/mol. The highest BCUT2D eigenvalue weighted by atomic mass is 35.5. The van der Waals surface area contributed by atoms with Crippen molar-refractivity contribution in [1.29, 1.82) is 0 Å². The molecule has 5 heteroatoms. The lowest BCUT2D eigenvalue weighted by Gasteiger charge is -2.25. The van der Waals surface area contributed by atoms with Gasteiger partial charge in [0.15, 0.2) is 0 Å². The normalized spacial score (nSPS) is 18.5. The molecule has 1 aliphatic carbocycles. The van der Waals surface area contributed by atoms with E-state index in [1.165, 1.54) is 0 Å². The van der Waals surface area contributed by atoms with Crippen LogP contribution in [0.1, 0.15) is 33.1 Å². The van der Waals surface area contributed by atoms with Gasteiger partial charge in [0.25, 0.3) is 0 Å². The number of sulfonamides is 1. The third-order valence-electron chi connectivity index (χ3n) is 2.56. The van der Waals surface area contributed by atoms with Gasteiger partial charge >= 0.3 is 0 Å². The van der Waals surface area contributed by atoms with Gasteiger partial charge in [0, 0.05) is 11.4 Å². The van der Waals surface area contributed by atoms with Crippen molar-refractivity contribution in [2.45, 2.75) is 38.6 Å². The second-order valence-electron chi connectivity index (χ2n) is 4.46. The van der Waals surface area contributed by atoms with Gasteiger partial charge in [0.1, 0.15) is 0 Å². The lowest BCUT2D eigenvalue weighted by molar-refractivity contribution is 0.400. The maximum atomic E-state index is 11.6. The summed E-state index contributed by atoms with van der Waals surface area (Å²) in [6.07, 6.45) is 2.77. The van der Waals surface area contributed by atoms with E-state index in [4.69, 9.17) is 11.6 Å². The fourth-order valence-corrected chi connectivity index (χ4v) is 3.47. The van der Waals surface area contributed by atoms with Crippen LogP contribution >= 0.6 is 11.6 Å². The van der Waals surface area contributed by atoms with Crippen molar-refractivity contribution in [3.63, 3.8) is 0 Å². The molecule has 1 fully saturated rings. The van der Waals surface area contributed by atoms with Gasteiger partial charge in [-0.05, 0) is 39.0 Å². The highest BCUT2D eigenvalue weighted by molar-refractivity contribution is 7.89. The summed E-state index contributed by atoms with van der Waals surface area (Å²) < 4.78 is 25.9. The van der Waals surface area contributed by atoms with Crippen LogP contribution in [-0.4, -0.2) is 25.6 Å². The molecule has 0 spiro atoms. The molecule has 0 unspecified atom stereocenters. The van der Waals surface area contributed by atoms with E-state index in [-0.39, 0.29) is 11.3 Å². The molecule has 1 aliphatic rings. The molecule has 1 rings (SSSR count). The third-order valence-corrected chi connectivity index (χ3v) is 4.49. The highest BCUT2D eigenvalue weighted by Crippen LogP contribution is 2.39. The second kappa shape index (κ2) is 4.37. The molecule has 0 aromatic heterocycles. The van der Waals surface area contributed by atoms with Gasteiger partial charge in [-0.15, -0.1) is 11.6 Å². The summed E-state index contributed by atoms with van der Waals surface area (Å²) in [5.74, 6) is 1.03. The SMILES string of the molecule is CC(C)(NS(=O)(=O)CCCCl)C1CC1. The van der Waals surface area contributed by atoms with Crippen molar-refractivity contribution in [2.24, 2.45) is 5.92 Å². The van der Waals surface area contributed by atoms with Crippen LogP contribution in [0.5, 0.6) is 0 Å². The predicted molar refractivity (Wildman–Crippen MR) is 59.1 cm³/mol. The molecule has 0 bridgehead atoms. The standard InChI is InChI=1S/C9H18ClNO2S/c1-9(2,8-4-5-8)11-14(12,13)7-3-6-10/h8,11H,3-7H2,1-2H3. The Morgan fingerprint density at radius 2 is 2.00 bits per heavy atom. The fourth-order valence-electron chi connectivity index (χ4n) is 1.58. The van der Waals surface area contributed by atoms with Crippen LogP contribution in [0, 0.1) is 5.92 Å². The van der Waals surface area contributed by atoms with Crippen LogP contribution in [0.3, 0.4) is 0 Å². The first-order chi connectivity index (χ1) is 6.37. The van der Waals surface area contributed by atoms with Gasteiger partial charge in [0.2, 0.25) is 10.0 Å². The van der Waals surface area contributed by atoms with Crippen LogP contribution in [0.25, 0.3) is 0 Å². The van der Waals surface area contributed by atoms with E-state index in [1.54, 1.807) is 0 Å². The molecule has 1 N–H and O–H groups in total. The van der Waals surface area contributed by atoms with Crippen molar-refractivity contribution in [3.05, 3.63) is 0 Å². The first kappa shape index (κ1) is 12.3. The zero-order valence-electron chi connectivity index (χ0n) is 8.72. The molecular weight excluding hydrogens is 222 g/mol. The molecule has 0 saturated heterocycles. The number of hydrogen-bond acceptors (Lipinski definition) is 2. The molecule has 0 atom stereocenters. The Kier molecular flexibility index (Phi) is 3.83. The van der Waals surface area contributed by atoms with Crippen LogP contribution < -0.4 is 4.72 Å². The Balaban J connectivity index is 2.48. The molecular formula is C9H18ClNO2S. The van der Waals surface area contributed by atoms with Crippen molar-refractivity contribution >= 4 is 21.6 Å². The van der Waals surface area contributed by atoms with E-state index in [0.29, 0.717) is 18.2 Å². The van der Waals surface area contributed by atoms with Crippen molar-refractivity contribution < 1.29 is 8.42 Å². The molecule has 3 nitrogen and oxygen atoms in total. The molecule has 0 amide bonds. The second-order valence-corrected chi connectivity index (χ2v) is 6.68. The molecule has 0 aromatic rings. The molecule has 84 valence electrons. The first-order valence-electron chi connectivity index (χ1n) is 4.95. The van der Waals surface area contributed by atoms with E-state index < -0.39 is 10.0 Å². The van der Waals surface area contributed by atoms with Crippen LogP contribution in [-0.2, 0) is 10.0 Å². The Morgan fingerprint density at radius 1 is 1.43 bits per heavy atom. The molecule has 0 aliphatic heterocycles. The number of hydrogen-bond donors (Lipinski definition) is 1. The zero-order valence-corrected chi connectivity index (χ0v) is 10.3. The van der Waals surface area contributed by atoms with E-state index in [2.05, 4.69) is 4.72 Å². The zero-order chi connectivity index (χ0) is 10.8. The number of halogens is 1. The summed E-state index contributed by atoms with van der Waals surface area (Å²) in [4.78, 5) is 0. The smallest absolute Gasteiger partial charge is 0.212 e. The maximum Gasteiger partial charge on any atom is 0.212 e. The van der Waals surface area contributed by atoms with E-state index >= 15 is 0 Å². The van der Waals surface area contributed by atoms with Crippen LogP contribution in [0.15, 0.2) is 0 Å². The molecule has 0 heterocycles. The molecule has 0 radical (unpaired) electrons. The van der Waals surface area contributed by atoms with Crippen LogP contribution in [0.2, 0.25) is 0 Å². The Morgan fingerprint density at radius 3 is 2.43 bits per heavy atom. The predicted octanol–water partition coefficient (Wildman–Crippen LogP) is 1.72. The van der Waals surface area contributed by atoms with E-state index in [9.17, 15) is 8.42 Å². The minimum Gasteiger partial charge on any atom is -0.212 e. The average Bonchev–Trinajstić information content (AvgIpc) is 2.80. The van der Waals surface area contributed by atoms with Crippen molar-refractivity contribution in [1.82, 2.24) is 4.72 Å². The van der Waals surface area contributed by atoms with Gasteiger partial charge < -0.3 is 0 Å². The number of nitrogens with one attached hydrogen (secondary N) is 1. The molecule has 14 heavy (non-hydrogen) atoms. The van der Waals surface area contributed by atoms with Gasteiger partial charge in [-0.2, -0.15) is 0 Å². The summed E-state index contributed by atoms with van der Waals surface area (Å²) in [7, 11) is -3.14. The van der Waals surface area contributed by atoms with Crippen molar-refractivity contribution in [3.8, 4) is 0 Å². The Hall–Kier alpha value is 0.200. The Labute approximate surface area is 91.3 Å². The lowest BCUT2D eigenvalue weighted by atomic mass is 10.0. The van der Waals surface area contributed by atoms with Crippen molar-refractivity contribution in [2.75, 3.05) is 11.6 Å².